The lowest BCUT2D eigenvalue weighted by Crippen LogP contribution is -2.44. The summed E-state index contributed by atoms with van der Waals surface area (Å²) in [7, 11) is 0. The predicted octanol–water partition coefficient (Wildman–Crippen LogP) is 4.16. The molecule has 7 heteroatoms. The molecule has 2 heterocycles. The molecule has 2 aromatic rings. The van der Waals surface area contributed by atoms with Crippen molar-refractivity contribution < 1.29 is 9.21 Å². The van der Waals surface area contributed by atoms with Gasteiger partial charge in [-0.3, -0.25) is 9.69 Å². The second-order valence-electron chi connectivity index (χ2n) is 7.90. The summed E-state index contributed by atoms with van der Waals surface area (Å²) in [6, 6.07) is 8.23. The van der Waals surface area contributed by atoms with Crippen molar-refractivity contribution in [2.75, 3.05) is 13.1 Å². The third-order valence-corrected chi connectivity index (χ3v) is 6.36. The van der Waals surface area contributed by atoms with Crippen LogP contribution in [0.5, 0.6) is 0 Å². The maximum Gasteiger partial charge on any atom is 0.247 e. The molecule has 1 amide bonds. The Kier molecular flexibility index (Phi) is 6.42. The minimum atomic E-state index is 0.138. The van der Waals surface area contributed by atoms with Crippen molar-refractivity contribution >= 4 is 21.8 Å². The van der Waals surface area contributed by atoms with Crippen molar-refractivity contribution in [1.29, 1.82) is 0 Å². The molecule has 0 bridgehead atoms. The number of hydrogen-bond acceptors (Lipinski definition) is 5. The van der Waals surface area contributed by atoms with Gasteiger partial charge in [0, 0.05) is 22.0 Å². The molecule has 1 aromatic heterocycles. The maximum absolute atomic E-state index is 12.5. The van der Waals surface area contributed by atoms with Crippen LogP contribution in [0.3, 0.4) is 0 Å². The maximum atomic E-state index is 12.5. The fourth-order valence-corrected chi connectivity index (χ4v) is 4.40. The van der Waals surface area contributed by atoms with Gasteiger partial charge in [0.05, 0.1) is 6.54 Å². The standard InChI is InChI=1S/C21H27BrN4O2/c22-17-8-6-16(7-9-17)21-25-24-19(28-21)14-26-12-10-15(11-13-26)20(27)23-18-4-2-1-3-5-18/h6-9,15,18H,1-5,10-14H2,(H,23,27). The highest BCUT2D eigenvalue weighted by Crippen LogP contribution is 2.24. The Balaban J connectivity index is 1.25. The van der Waals surface area contributed by atoms with Gasteiger partial charge in [-0.25, -0.2) is 0 Å². The number of piperidine rings is 1. The Morgan fingerprint density at radius 3 is 2.50 bits per heavy atom. The molecule has 6 nitrogen and oxygen atoms in total. The van der Waals surface area contributed by atoms with Gasteiger partial charge in [-0.1, -0.05) is 35.2 Å². The zero-order valence-electron chi connectivity index (χ0n) is 16.1. The van der Waals surface area contributed by atoms with Crippen LogP contribution in [0.25, 0.3) is 11.5 Å². The van der Waals surface area contributed by atoms with Crippen molar-refractivity contribution in [2.24, 2.45) is 5.92 Å². The number of likely N-dealkylation sites (tertiary alicyclic amines) is 1. The normalized spacial score (nSPS) is 19.6. The number of carbonyl (C=O) groups excluding carboxylic acids is 1. The molecule has 1 N–H and O–H groups in total. The zero-order valence-corrected chi connectivity index (χ0v) is 17.7. The van der Waals surface area contributed by atoms with Gasteiger partial charge in [0.15, 0.2) is 0 Å². The molecule has 1 saturated heterocycles. The van der Waals surface area contributed by atoms with Crippen LogP contribution in [0.4, 0.5) is 0 Å². The van der Waals surface area contributed by atoms with Gasteiger partial charge >= 0.3 is 0 Å². The highest BCUT2D eigenvalue weighted by atomic mass is 79.9. The topological polar surface area (TPSA) is 71.3 Å². The Morgan fingerprint density at radius 1 is 1.07 bits per heavy atom. The lowest BCUT2D eigenvalue weighted by Gasteiger charge is -2.32. The molecule has 0 atom stereocenters. The van der Waals surface area contributed by atoms with E-state index in [0.29, 0.717) is 24.4 Å². The number of carbonyl (C=O) groups is 1. The third kappa shape index (κ3) is 5.00. The van der Waals surface area contributed by atoms with E-state index >= 15 is 0 Å². The van der Waals surface area contributed by atoms with E-state index in [1.54, 1.807) is 0 Å². The largest absolute Gasteiger partial charge is 0.419 e. The molecule has 150 valence electrons. The molecule has 0 unspecified atom stereocenters. The van der Waals surface area contributed by atoms with Crippen molar-refractivity contribution in [2.45, 2.75) is 57.5 Å². The second kappa shape index (κ2) is 9.18. The van der Waals surface area contributed by atoms with Crippen LogP contribution < -0.4 is 5.32 Å². The minimum Gasteiger partial charge on any atom is -0.419 e. The summed E-state index contributed by atoms with van der Waals surface area (Å²) in [5.74, 6) is 1.56. The summed E-state index contributed by atoms with van der Waals surface area (Å²) in [5, 5.41) is 11.6. The number of nitrogens with zero attached hydrogens (tertiary/aromatic N) is 3. The molecule has 2 aliphatic rings. The van der Waals surface area contributed by atoms with Crippen LogP contribution in [0.1, 0.15) is 50.8 Å². The first-order chi connectivity index (χ1) is 13.7. The summed E-state index contributed by atoms with van der Waals surface area (Å²) < 4.78 is 6.85. The van der Waals surface area contributed by atoms with E-state index < -0.39 is 0 Å². The average molecular weight is 447 g/mol. The number of aromatic nitrogens is 2. The van der Waals surface area contributed by atoms with E-state index in [1.165, 1.54) is 19.3 Å². The van der Waals surface area contributed by atoms with E-state index in [2.05, 4.69) is 36.3 Å². The summed E-state index contributed by atoms with van der Waals surface area (Å²) >= 11 is 3.43. The van der Waals surface area contributed by atoms with Gasteiger partial charge < -0.3 is 9.73 Å². The minimum absolute atomic E-state index is 0.138. The Bertz CT molecular complexity index is 778. The first kappa shape index (κ1) is 19.6. The van der Waals surface area contributed by atoms with Gasteiger partial charge in [-0.2, -0.15) is 0 Å². The van der Waals surface area contributed by atoms with Gasteiger partial charge in [0.25, 0.3) is 0 Å². The number of hydrogen-bond donors (Lipinski definition) is 1. The predicted molar refractivity (Wildman–Crippen MR) is 110 cm³/mol. The molecule has 0 spiro atoms. The second-order valence-corrected chi connectivity index (χ2v) is 8.82. The van der Waals surface area contributed by atoms with E-state index in [1.807, 2.05) is 24.3 Å². The molecular weight excluding hydrogens is 420 g/mol. The van der Waals surface area contributed by atoms with Crippen molar-refractivity contribution in [1.82, 2.24) is 20.4 Å². The first-order valence-electron chi connectivity index (χ1n) is 10.3. The van der Waals surface area contributed by atoms with Crippen LogP contribution in [0.2, 0.25) is 0 Å². The summed E-state index contributed by atoms with van der Waals surface area (Å²) in [5.41, 5.74) is 0.917. The van der Waals surface area contributed by atoms with E-state index in [-0.39, 0.29) is 11.8 Å². The lowest BCUT2D eigenvalue weighted by molar-refractivity contribution is -0.127. The SMILES string of the molecule is O=C(NC1CCCCC1)C1CCN(Cc2nnc(-c3ccc(Br)cc3)o2)CC1. The molecule has 1 saturated carbocycles. The van der Waals surface area contributed by atoms with Crippen LogP contribution in [0.15, 0.2) is 33.2 Å². The smallest absolute Gasteiger partial charge is 0.247 e. The molecule has 1 aromatic carbocycles. The van der Waals surface area contributed by atoms with Crippen molar-refractivity contribution in [3.63, 3.8) is 0 Å². The van der Waals surface area contributed by atoms with E-state index in [4.69, 9.17) is 4.42 Å². The van der Waals surface area contributed by atoms with E-state index in [9.17, 15) is 4.79 Å². The fraction of sp³-hybridized carbons (Fsp3) is 0.571. The summed E-state index contributed by atoms with van der Waals surface area (Å²) in [6.45, 7) is 2.41. The number of rotatable bonds is 5. The summed E-state index contributed by atoms with van der Waals surface area (Å²) in [4.78, 5) is 14.8. The molecule has 1 aliphatic carbocycles. The average Bonchev–Trinajstić information content (AvgIpc) is 3.18. The van der Waals surface area contributed by atoms with Gasteiger partial charge in [-0.05, 0) is 63.0 Å². The van der Waals surface area contributed by atoms with Crippen LogP contribution in [-0.4, -0.2) is 40.1 Å². The quantitative estimate of drug-likeness (QED) is 0.746. The zero-order chi connectivity index (χ0) is 19.3. The van der Waals surface area contributed by atoms with Gasteiger partial charge in [-0.15, -0.1) is 10.2 Å². The number of amides is 1. The Hall–Kier alpha value is -1.73. The van der Waals surface area contributed by atoms with Gasteiger partial charge in [0.2, 0.25) is 17.7 Å². The molecule has 2 fully saturated rings. The van der Waals surface area contributed by atoms with Crippen LogP contribution in [-0.2, 0) is 11.3 Å². The summed E-state index contributed by atoms with van der Waals surface area (Å²) in [6.07, 6.45) is 7.87. The Morgan fingerprint density at radius 2 is 1.79 bits per heavy atom. The molecular formula is C21H27BrN4O2. The number of nitrogens with one attached hydrogen (secondary N) is 1. The highest BCUT2D eigenvalue weighted by Gasteiger charge is 2.27. The highest BCUT2D eigenvalue weighted by molar-refractivity contribution is 9.10. The third-order valence-electron chi connectivity index (χ3n) is 5.83. The Labute approximate surface area is 174 Å². The number of benzene rings is 1. The van der Waals surface area contributed by atoms with Gasteiger partial charge in [0.1, 0.15) is 0 Å². The molecule has 4 rings (SSSR count). The van der Waals surface area contributed by atoms with E-state index in [0.717, 1.165) is 48.8 Å². The molecule has 0 radical (unpaired) electrons. The fourth-order valence-electron chi connectivity index (χ4n) is 4.14. The van der Waals surface area contributed by atoms with Crippen LogP contribution >= 0.6 is 15.9 Å². The van der Waals surface area contributed by atoms with Crippen LogP contribution in [0, 0.1) is 5.92 Å². The monoisotopic (exact) mass is 446 g/mol. The van der Waals surface area contributed by atoms with Crippen molar-refractivity contribution in [3.05, 3.63) is 34.6 Å². The van der Waals surface area contributed by atoms with Crippen molar-refractivity contribution in [3.8, 4) is 11.5 Å². The molecule has 28 heavy (non-hydrogen) atoms. The first-order valence-corrected chi connectivity index (χ1v) is 11.1. The molecule has 1 aliphatic heterocycles. The number of halogens is 1. The lowest BCUT2D eigenvalue weighted by atomic mass is 9.92.